The number of rotatable bonds is 2. The first-order valence-electron chi connectivity index (χ1n) is 13.1. The second-order valence-corrected chi connectivity index (χ2v) is 11.4. The van der Waals surface area contributed by atoms with Crippen LogP contribution >= 0.6 is 0 Å². The van der Waals surface area contributed by atoms with Crippen LogP contribution in [-0.4, -0.2) is 28.3 Å². The molecule has 9 heteroatoms. The average molecular weight is 514 g/mol. The van der Waals surface area contributed by atoms with Gasteiger partial charge in [-0.3, -0.25) is 9.97 Å². The fourth-order valence-corrected chi connectivity index (χ4v) is 6.95. The zero-order valence-corrected chi connectivity index (χ0v) is 21.0. The molecule has 37 heavy (non-hydrogen) atoms. The smallest absolute Gasteiger partial charge is 0.388 e. The molecule has 196 valence electrons. The van der Waals surface area contributed by atoms with E-state index in [1.165, 1.54) is 18.7 Å². The molecule has 1 N–H and O–H groups in total. The Morgan fingerprint density at radius 1 is 1.16 bits per heavy atom. The van der Waals surface area contributed by atoms with Crippen molar-refractivity contribution in [3.63, 3.8) is 0 Å². The van der Waals surface area contributed by atoms with Crippen molar-refractivity contribution in [2.24, 2.45) is 5.41 Å². The highest BCUT2D eigenvalue weighted by atomic mass is 19.4. The van der Waals surface area contributed by atoms with Crippen molar-refractivity contribution in [1.29, 1.82) is 5.26 Å². The molecule has 0 unspecified atom stereocenters. The maximum absolute atomic E-state index is 13.5. The number of aliphatic hydroxyl groups excluding tert-OH is 1. The summed E-state index contributed by atoms with van der Waals surface area (Å²) in [7, 11) is 0. The average Bonchev–Trinajstić information content (AvgIpc) is 3.15. The quantitative estimate of drug-likeness (QED) is 0.549. The summed E-state index contributed by atoms with van der Waals surface area (Å²) in [4.78, 5) is 8.79. The summed E-state index contributed by atoms with van der Waals surface area (Å²) in [5.74, 6) is 0.0226. The van der Waals surface area contributed by atoms with E-state index in [4.69, 9.17) is 14.5 Å². The molecule has 4 aliphatic rings. The van der Waals surface area contributed by atoms with Gasteiger partial charge < -0.3 is 14.6 Å². The second kappa shape index (κ2) is 8.48. The molecule has 1 saturated heterocycles. The lowest BCUT2D eigenvalue weighted by molar-refractivity contribution is -0.141. The van der Waals surface area contributed by atoms with Gasteiger partial charge in [0.15, 0.2) is 5.69 Å². The van der Waals surface area contributed by atoms with E-state index in [2.05, 4.69) is 4.98 Å². The topological polar surface area (TPSA) is 88.3 Å². The van der Waals surface area contributed by atoms with Crippen LogP contribution in [0.3, 0.4) is 0 Å². The summed E-state index contributed by atoms with van der Waals surface area (Å²) < 4.78 is 52.9. The van der Waals surface area contributed by atoms with Gasteiger partial charge in [-0.25, -0.2) is 0 Å². The Morgan fingerprint density at radius 2 is 1.89 bits per heavy atom. The summed E-state index contributed by atoms with van der Waals surface area (Å²) >= 11 is 0. The van der Waals surface area contributed by atoms with Crippen LogP contribution in [0.25, 0.3) is 0 Å². The van der Waals surface area contributed by atoms with Gasteiger partial charge in [0.2, 0.25) is 0 Å². The van der Waals surface area contributed by atoms with E-state index in [1.54, 1.807) is 6.07 Å². The highest BCUT2D eigenvalue weighted by Gasteiger charge is 2.54. The summed E-state index contributed by atoms with van der Waals surface area (Å²) in [5.41, 5.74) is 2.36. The van der Waals surface area contributed by atoms with Crippen molar-refractivity contribution in [2.45, 2.75) is 88.7 Å². The van der Waals surface area contributed by atoms with Gasteiger partial charge in [0.1, 0.15) is 12.2 Å². The number of fused-ring (bicyclic) bond motifs is 4. The minimum Gasteiger partial charge on any atom is -0.388 e. The molecule has 2 aliphatic heterocycles. The van der Waals surface area contributed by atoms with Gasteiger partial charge in [-0.05, 0) is 48.6 Å². The van der Waals surface area contributed by atoms with Gasteiger partial charge in [0.05, 0.1) is 17.3 Å². The molecule has 6 rings (SSSR count). The summed E-state index contributed by atoms with van der Waals surface area (Å²) in [6.45, 7) is 5.06. The van der Waals surface area contributed by atoms with Crippen molar-refractivity contribution >= 4 is 0 Å². The zero-order valence-electron chi connectivity index (χ0n) is 21.0. The van der Waals surface area contributed by atoms with E-state index >= 15 is 0 Å². The van der Waals surface area contributed by atoms with Crippen LogP contribution in [0.5, 0.6) is 0 Å². The Bertz CT molecular complexity index is 1290. The molecule has 2 atom stereocenters. The van der Waals surface area contributed by atoms with E-state index in [1.807, 2.05) is 13.8 Å². The van der Waals surface area contributed by atoms with Crippen molar-refractivity contribution in [3.05, 3.63) is 57.2 Å². The van der Waals surface area contributed by atoms with Crippen molar-refractivity contribution in [1.82, 2.24) is 9.97 Å². The Labute approximate surface area is 213 Å². The maximum atomic E-state index is 13.5. The molecule has 2 aromatic rings. The van der Waals surface area contributed by atoms with E-state index in [0.29, 0.717) is 38.0 Å². The molecular weight excluding hydrogens is 483 g/mol. The Hall–Kier alpha value is -2.54. The van der Waals surface area contributed by atoms with Crippen LogP contribution in [0.2, 0.25) is 0 Å². The van der Waals surface area contributed by atoms with Crippen molar-refractivity contribution < 1.29 is 27.8 Å². The molecule has 0 aromatic carbocycles. The predicted octanol–water partition coefficient (Wildman–Crippen LogP) is 5.77. The predicted molar refractivity (Wildman–Crippen MR) is 127 cm³/mol. The van der Waals surface area contributed by atoms with Crippen LogP contribution in [0, 0.1) is 16.7 Å². The normalized spacial score (nSPS) is 25.6. The van der Waals surface area contributed by atoms with Gasteiger partial charge in [-0.15, -0.1) is 0 Å². The molecule has 4 heterocycles. The number of hydrogen-bond donors (Lipinski definition) is 1. The Kier molecular flexibility index (Phi) is 5.68. The molecule has 1 saturated carbocycles. The number of ether oxygens (including phenoxy) is 2. The van der Waals surface area contributed by atoms with Crippen LogP contribution in [0.15, 0.2) is 12.3 Å². The maximum Gasteiger partial charge on any atom is 0.434 e. The zero-order chi connectivity index (χ0) is 26.2. The lowest BCUT2D eigenvalue weighted by Crippen LogP contribution is -2.40. The van der Waals surface area contributed by atoms with E-state index in [0.717, 1.165) is 47.3 Å². The van der Waals surface area contributed by atoms with Gasteiger partial charge in [0.25, 0.3) is 0 Å². The van der Waals surface area contributed by atoms with Gasteiger partial charge >= 0.3 is 6.18 Å². The van der Waals surface area contributed by atoms with Crippen LogP contribution in [0.4, 0.5) is 13.2 Å². The Balaban J connectivity index is 1.58. The molecule has 0 radical (unpaired) electrons. The molecule has 0 amide bonds. The molecular formula is C28H30F3N3O3. The standard InChI is InChI=1S/C28H30F3N3O3/c1-15(2)23-21-22(20-18(34-23)11-26(4-3-5-26)12-19(20)35)27(6-8-36-9-7-27)37-24(21)17-10-16(13-32)25(33-14-17)28(29,30)31/h10,14-15,19,24,35H,3-9,11-12H2,1-2H3/t19-,24+/m0/s1. The van der Waals surface area contributed by atoms with Gasteiger partial charge in [-0.1, -0.05) is 20.3 Å². The third kappa shape index (κ3) is 3.79. The first-order chi connectivity index (χ1) is 17.6. The molecule has 6 nitrogen and oxygen atoms in total. The monoisotopic (exact) mass is 513 g/mol. The highest BCUT2D eigenvalue weighted by molar-refractivity contribution is 5.55. The van der Waals surface area contributed by atoms with Crippen molar-refractivity contribution in [2.75, 3.05) is 13.2 Å². The van der Waals surface area contributed by atoms with Crippen LogP contribution in [-0.2, 0) is 27.7 Å². The Morgan fingerprint density at radius 3 is 2.49 bits per heavy atom. The third-order valence-electron chi connectivity index (χ3n) is 8.81. The van der Waals surface area contributed by atoms with E-state index in [9.17, 15) is 23.5 Å². The lowest BCUT2D eigenvalue weighted by atomic mass is 9.58. The highest BCUT2D eigenvalue weighted by Crippen LogP contribution is 2.60. The number of aromatic nitrogens is 2. The molecule has 2 aliphatic carbocycles. The van der Waals surface area contributed by atoms with E-state index in [-0.39, 0.29) is 11.3 Å². The number of aliphatic hydroxyl groups is 1. The fraction of sp³-hybridized carbons (Fsp3) is 0.607. The second-order valence-electron chi connectivity index (χ2n) is 11.4. The fourth-order valence-electron chi connectivity index (χ4n) is 6.95. The van der Waals surface area contributed by atoms with Crippen molar-refractivity contribution in [3.8, 4) is 6.07 Å². The first kappa shape index (κ1) is 24.8. The molecule has 0 bridgehead atoms. The lowest BCUT2D eigenvalue weighted by Gasteiger charge is -2.48. The number of hydrogen-bond acceptors (Lipinski definition) is 6. The number of nitrogens with zero attached hydrogens (tertiary/aromatic N) is 3. The molecule has 2 fully saturated rings. The number of halogens is 3. The minimum absolute atomic E-state index is 0.0226. The number of alkyl halides is 3. The van der Waals surface area contributed by atoms with Crippen LogP contribution in [0.1, 0.15) is 115 Å². The third-order valence-corrected chi connectivity index (χ3v) is 8.81. The van der Waals surface area contributed by atoms with E-state index < -0.39 is 35.2 Å². The SMILES string of the molecule is CC(C)c1nc2c(c3c1[C@@H](c1cnc(C(F)(F)F)c(C#N)c1)OC31CCOCC1)[C@@H](O)CC1(CCC1)C2. The minimum atomic E-state index is -4.73. The molecule has 2 aromatic heterocycles. The largest absolute Gasteiger partial charge is 0.434 e. The molecule has 2 spiro atoms. The summed E-state index contributed by atoms with van der Waals surface area (Å²) in [5, 5.41) is 21.0. The number of nitriles is 1. The summed E-state index contributed by atoms with van der Waals surface area (Å²) in [6.07, 6.45) is 1.02. The van der Waals surface area contributed by atoms with Gasteiger partial charge in [0, 0.05) is 60.3 Å². The first-order valence-corrected chi connectivity index (χ1v) is 13.1. The van der Waals surface area contributed by atoms with Gasteiger partial charge in [-0.2, -0.15) is 18.4 Å². The summed E-state index contributed by atoms with van der Waals surface area (Å²) in [6, 6.07) is 2.91. The van der Waals surface area contributed by atoms with Crippen LogP contribution < -0.4 is 0 Å². The number of pyridine rings is 2.